The molecule has 0 saturated carbocycles. The molecule has 2 unspecified atom stereocenters. The van der Waals surface area contributed by atoms with Crippen molar-refractivity contribution in [2.45, 2.75) is 19.8 Å². The molecule has 0 amide bonds. The fraction of sp³-hybridized carbons (Fsp3) is 0.600. The van der Waals surface area contributed by atoms with E-state index in [1.54, 1.807) is 0 Å². The lowest BCUT2D eigenvalue weighted by Gasteiger charge is -2.18. The van der Waals surface area contributed by atoms with Crippen LogP contribution in [0, 0.1) is 5.92 Å². The second-order valence-electron chi connectivity index (χ2n) is 3.46. The second-order valence-corrected chi connectivity index (χ2v) is 5.26. The molecule has 0 fully saturated rings. The summed E-state index contributed by atoms with van der Waals surface area (Å²) in [4.78, 5) is 1.46. The second kappa shape index (κ2) is 5.13. The van der Waals surface area contributed by atoms with Gasteiger partial charge in [0.1, 0.15) is 0 Å². The molecule has 0 bridgehead atoms. The van der Waals surface area contributed by atoms with Gasteiger partial charge in [-0.1, -0.05) is 13.8 Å². The van der Waals surface area contributed by atoms with E-state index in [1.807, 2.05) is 18.4 Å². The molecule has 13 heavy (non-hydrogen) atoms. The van der Waals surface area contributed by atoms with E-state index in [0.717, 1.165) is 6.54 Å². The molecule has 0 saturated heterocycles. The first-order valence-electron chi connectivity index (χ1n) is 4.54. The first-order chi connectivity index (χ1) is 6.16. The highest BCUT2D eigenvalue weighted by molar-refractivity contribution is 9.10. The van der Waals surface area contributed by atoms with Crippen LogP contribution in [0.2, 0.25) is 0 Å². The summed E-state index contributed by atoms with van der Waals surface area (Å²) in [5.41, 5.74) is 0. The van der Waals surface area contributed by atoms with E-state index in [9.17, 15) is 0 Å². The molecular formula is C10H16BrNS. The molecule has 0 aromatic carbocycles. The van der Waals surface area contributed by atoms with Gasteiger partial charge in [0.15, 0.2) is 0 Å². The van der Waals surface area contributed by atoms with Crippen LogP contribution in [0.5, 0.6) is 0 Å². The highest BCUT2D eigenvalue weighted by Crippen LogP contribution is 2.34. The van der Waals surface area contributed by atoms with Crippen molar-refractivity contribution in [3.8, 4) is 0 Å². The number of hydrogen-bond acceptors (Lipinski definition) is 2. The Balaban J connectivity index is 2.67. The number of thiophene rings is 1. The highest BCUT2D eigenvalue weighted by atomic mass is 79.9. The summed E-state index contributed by atoms with van der Waals surface area (Å²) in [7, 11) is 2.01. The highest BCUT2D eigenvalue weighted by Gasteiger charge is 2.16. The Hall–Kier alpha value is 0.140. The van der Waals surface area contributed by atoms with Gasteiger partial charge in [0, 0.05) is 9.35 Å². The van der Waals surface area contributed by atoms with E-state index >= 15 is 0 Å². The summed E-state index contributed by atoms with van der Waals surface area (Å²) in [5, 5.41) is 5.36. The Morgan fingerprint density at radius 3 is 2.69 bits per heavy atom. The van der Waals surface area contributed by atoms with Crippen molar-refractivity contribution >= 4 is 27.3 Å². The van der Waals surface area contributed by atoms with Gasteiger partial charge in [0.05, 0.1) is 0 Å². The topological polar surface area (TPSA) is 12.0 Å². The zero-order chi connectivity index (χ0) is 9.84. The van der Waals surface area contributed by atoms with Gasteiger partial charge in [0.2, 0.25) is 0 Å². The third kappa shape index (κ3) is 2.79. The minimum atomic E-state index is 0.627. The lowest BCUT2D eigenvalue weighted by atomic mass is 9.94. The molecule has 1 nitrogen and oxygen atoms in total. The molecule has 1 rings (SSSR count). The van der Waals surface area contributed by atoms with Crippen molar-refractivity contribution in [1.29, 1.82) is 0 Å². The molecule has 0 spiro atoms. The maximum Gasteiger partial charge on any atom is 0.0317 e. The maximum atomic E-state index is 3.58. The van der Waals surface area contributed by atoms with Gasteiger partial charge in [-0.15, -0.1) is 11.3 Å². The van der Waals surface area contributed by atoms with Gasteiger partial charge in [-0.25, -0.2) is 0 Å². The van der Waals surface area contributed by atoms with E-state index < -0.39 is 0 Å². The Morgan fingerprint density at radius 2 is 2.23 bits per heavy atom. The average molecular weight is 262 g/mol. The van der Waals surface area contributed by atoms with Gasteiger partial charge in [0.25, 0.3) is 0 Å². The molecule has 3 heteroatoms. The Labute approximate surface area is 92.7 Å². The molecule has 0 aliphatic heterocycles. The lowest BCUT2D eigenvalue weighted by Crippen LogP contribution is -2.20. The quantitative estimate of drug-likeness (QED) is 0.876. The summed E-state index contributed by atoms with van der Waals surface area (Å²) >= 11 is 5.41. The number of hydrogen-bond donors (Lipinski definition) is 1. The summed E-state index contributed by atoms with van der Waals surface area (Å²) in [5.74, 6) is 1.31. The fourth-order valence-electron chi connectivity index (χ4n) is 1.39. The monoisotopic (exact) mass is 261 g/mol. The molecule has 1 N–H and O–H groups in total. The minimum absolute atomic E-state index is 0.627. The molecule has 1 aromatic heterocycles. The number of rotatable bonds is 4. The molecule has 2 atom stereocenters. The summed E-state index contributed by atoms with van der Waals surface area (Å²) in [6.45, 7) is 5.65. The fourth-order valence-corrected chi connectivity index (χ4v) is 3.31. The van der Waals surface area contributed by atoms with E-state index in [-0.39, 0.29) is 0 Å². The summed E-state index contributed by atoms with van der Waals surface area (Å²) < 4.78 is 1.26. The molecule has 0 aliphatic carbocycles. The first kappa shape index (κ1) is 11.2. The van der Waals surface area contributed by atoms with Crippen LogP contribution < -0.4 is 5.32 Å². The Kier molecular flexibility index (Phi) is 4.42. The van der Waals surface area contributed by atoms with Gasteiger partial charge in [-0.3, -0.25) is 0 Å². The van der Waals surface area contributed by atoms with Crippen LogP contribution in [-0.2, 0) is 0 Å². The predicted octanol–water partition coefficient (Wildman–Crippen LogP) is 3.47. The van der Waals surface area contributed by atoms with Crippen LogP contribution in [0.25, 0.3) is 0 Å². The van der Waals surface area contributed by atoms with Crippen molar-refractivity contribution in [3.63, 3.8) is 0 Å². The molecule has 1 aromatic rings. The van der Waals surface area contributed by atoms with Crippen LogP contribution in [-0.4, -0.2) is 13.6 Å². The van der Waals surface area contributed by atoms with Gasteiger partial charge < -0.3 is 5.32 Å². The van der Waals surface area contributed by atoms with Crippen LogP contribution in [0.15, 0.2) is 15.9 Å². The van der Waals surface area contributed by atoms with Crippen molar-refractivity contribution in [1.82, 2.24) is 5.32 Å². The predicted molar refractivity (Wildman–Crippen MR) is 63.5 cm³/mol. The number of nitrogens with one attached hydrogen (secondary N) is 1. The Bertz CT molecular complexity index is 259. The van der Waals surface area contributed by atoms with E-state index in [1.165, 1.54) is 9.35 Å². The van der Waals surface area contributed by atoms with E-state index in [4.69, 9.17) is 0 Å². The molecule has 1 heterocycles. The molecule has 0 aliphatic rings. The van der Waals surface area contributed by atoms with Gasteiger partial charge in [-0.05, 0) is 52.8 Å². The minimum Gasteiger partial charge on any atom is -0.319 e. The largest absolute Gasteiger partial charge is 0.319 e. The maximum absolute atomic E-state index is 3.58. The van der Waals surface area contributed by atoms with E-state index in [2.05, 4.69) is 46.5 Å². The average Bonchev–Trinajstić information content (AvgIpc) is 2.50. The molecular weight excluding hydrogens is 246 g/mol. The SMILES string of the molecule is CNCC(C)C(C)c1sccc1Br. The smallest absolute Gasteiger partial charge is 0.0317 e. The molecule has 0 radical (unpaired) electrons. The van der Waals surface area contributed by atoms with Crippen LogP contribution >= 0.6 is 27.3 Å². The molecule has 74 valence electrons. The zero-order valence-electron chi connectivity index (χ0n) is 8.30. The van der Waals surface area contributed by atoms with Crippen molar-refractivity contribution in [2.24, 2.45) is 5.92 Å². The standard InChI is InChI=1S/C10H16BrNS/c1-7(6-12-3)8(2)10-9(11)4-5-13-10/h4-5,7-8,12H,6H2,1-3H3. The van der Waals surface area contributed by atoms with Crippen LogP contribution in [0.1, 0.15) is 24.6 Å². The normalized spacial score (nSPS) is 15.7. The van der Waals surface area contributed by atoms with Gasteiger partial charge >= 0.3 is 0 Å². The van der Waals surface area contributed by atoms with Crippen molar-refractivity contribution in [3.05, 3.63) is 20.8 Å². The van der Waals surface area contributed by atoms with Crippen LogP contribution in [0.3, 0.4) is 0 Å². The Morgan fingerprint density at radius 1 is 1.54 bits per heavy atom. The van der Waals surface area contributed by atoms with Crippen LogP contribution in [0.4, 0.5) is 0 Å². The zero-order valence-corrected chi connectivity index (χ0v) is 10.7. The van der Waals surface area contributed by atoms with E-state index in [0.29, 0.717) is 11.8 Å². The first-order valence-corrected chi connectivity index (χ1v) is 6.21. The summed E-state index contributed by atoms with van der Waals surface area (Å²) in [6.07, 6.45) is 0. The van der Waals surface area contributed by atoms with Gasteiger partial charge in [-0.2, -0.15) is 0 Å². The third-order valence-electron chi connectivity index (χ3n) is 2.44. The lowest BCUT2D eigenvalue weighted by molar-refractivity contribution is 0.470. The third-order valence-corrected chi connectivity index (χ3v) is 4.51. The number of halogens is 1. The van der Waals surface area contributed by atoms with Crippen molar-refractivity contribution < 1.29 is 0 Å². The summed E-state index contributed by atoms with van der Waals surface area (Å²) in [6, 6.07) is 2.13. The van der Waals surface area contributed by atoms with Crippen molar-refractivity contribution in [2.75, 3.05) is 13.6 Å².